The molecule has 0 rings (SSSR count). The van der Waals surface area contributed by atoms with Crippen LogP contribution in [0.5, 0.6) is 0 Å². The summed E-state index contributed by atoms with van der Waals surface area (Å²) in [7, 11) is 0. The van der Waals surface area contributed by atoms with E-state index in [0.717, 1.165) is 12.8 Å². The average molecular weight is 273 g/mol. The van der Waals surface area contributed by atoms with Gasteiger partial charge in [-0.25, -0.2) is 8.78 Å². The topological polar surface area (TPSA) is 21.3 Å². The molecule has 0 aliphatic carbocycles. The third kappa shape index (κ3) is 6.00. The van der Waals surface area contributed by atoms with Crippen molar-refractivity contribution in [1.29, 1.82) is 0 Å². The summed E-state index contributed by atoms with van der Waals surface area (Å²) in [6.07, 6.45) is -1.89. The maximum absolute atomic E-state index is 12.7. The highest BCUT2D eigenvalue weighted by molar-refractivity contribution is 4.75. The Morgan fingerprint density at radius 1 is 1.11 bits per heavy atom. The van der Waals surface area contributed by atoms with Crippen LogP contribution in [-0.4, -0.2) is 38.1 Å². The molecule has 0 spiro atoms. The number of nitrogens with one attached hydrogen (secondary N) is 1. The lowest BCUT2D eigenvalue weighted by Gasteiger charge is -2.26. The SMILES string of the molecule is CCNC(COCC(F)(F)C(F)F)C(CC)CC. The molecule has 18 heavy (non-hydrogen) atoms. The molecule has 0 saturated carbocycles. The summed E-state index contributed by atoms with van der Waals surface area (Å²) < 4.78 is 53.9. The number of hydrogen-bond acceptors (Lipinski definition) is 2. The van der Waals surface area contributed by atoms with E-state index in [1.807, 2.05) is 20.8 Å². The Morgan fingerprint density at radius 3 is 2.06 bits per heavy atom. The van der Waals surface area contributed by atoms with E-state index < -0.39 is 19.0 Å². The van der Waals surface area contributed by atoms with E-state index in [9.17, 15) is 17.6 Å². The van der Waals surface area contributed by atoms with Crippen LogP contribution in [0.15, 0.2) is 0 Å². The van der Waals surface area contributed by atoms with E-state index in [2.05, 4.69) is 5.32 Å². The van der Waals surface area contributed by atoms with Crippen LogP contribution in [0.4, 0.5) is 17.6 Å². The van der Waals surface area contributed by atoms with Crippen molar-refractivity contribution in [3.63, 3.8) is 0 Å². The van der Waals surface area contributed by atoms with Gasteiger partial charge in [-0.05, 0) is 12.5 Å². The van der Waals surface area contributed by atoms with Crippen molar-refractivity contribution in [2.75, 3.05) is 19.8 Å². The molecule has 0 aliphatic rings. The third-order valence-electron chi connectivity index (χ3n) is 3.00. The van der Waals surface area contributed by atoms with Gasteiger partial charge in [0.1, 0.15) is 6.61 Å². The number of rotatable bonds is 10. The van der Waals surface area contributed by atoms with Gasteiger partial charge in [-0.2, -0.15) is 8.78 Å². The second-order valence-corrected chi connectivity index (χ2v) is 4.32. The summed E-state index contributed by atoms with van der Waals surface area (Å²) in [6, 6.07) is -0.0709. The van der Waals surface area contributed by atoms with E-state index in [1.54, 1.807) is 0 Å². The predicted octanol–water partition coefficient (Wildman–Crippen LogP) is 3.32. The lowest BCUT2D eigenvalue weighted by Crippen LogP contribution is -2.41. The fourth-order valence-corrected chi connectivity index (χ4v) is 1.87. The van der Waals surface area contributed by atoms with E-state index in [-0.39, 0.29) is 12.6 Å². The van der Waals surface area contributed by atoms with E-state index in [4.69, 9.17) is 4.74 Å². The van der Waals surface area contributed by atoms with E-state index in [1.165, 1.54) is 0 Å². The van der Waals surface area contributed by atoms with Gasteiger partial charge >= 0.3 is 12.3 Å². The zero-order chi connectivity index (χ0) is 14.2. The minimum Gasteiger partial charge on any atom is -0.373 e. The Bertz CT molecular complexity index is 210. The van der Waals surface area contributed by atoms with Gasteiger partial charge in [-0.3, -0.25) is 0 Å². The van der Waals surface area contributed by atoms with Crippen LogP contribution in [0, 0.1) is 5.92 Å². The summed E-state index contributed by atoms with van der Waals surface area (Å²) in [4.78, 5) is 0. The molecule has 1 atom stereocenters. The molecule has 0 amide bonds. The quantitative estimate of drug-likeness (QED) is 0.617. The summed E-state index contributed by atoms with van der Waals surface area (Å²) in [5, 5.41) is 3.14. The number of hydrogen-bond donors (Lipinski definition) is 1. The van der Waals surface area contributed by atoms with Gasteiger partial charge in [0, 0.05) is 6.04 Å². The predicted molar refractivity (Wildman–Crippen MR) is 63.3 cm³/mol. The Morgan fingerprint density at radius 2 is 1.67 bits per heavy atom. The fourth-order valence-electron chi connectivity index (χ4n) is 1.87. The van der Waals surface area contributed by atoms with Gasteiger partial charge in [0.15, 0.2) is 0 Å². The molecule has 1 unspecified atom stereocenters. The summed E-state index contributed by atoms with van der Waals surface area (Å²) >= 11 is 0. The van der Waals surface area contributed by atoms with Crippen molar-refractivity contribution in [3.05, 3.63) is 0 Å². The number of halogens is 4. The van der Waals surface area contributed by atoms with Crippen LogP contribution in [0.1, 0.15) is 33.6 Å². The van der Waals surface area contributed by atoms with Gasteiger partial charge in [0.05, 0.1) is 6.61 Å². The molecule has 2 nitrogen and oxygen atoms in total. The molecule has 0 aromatic carbocycles. The smallest absolute Gasteiger partial charge is 0.330 e. The second-order valence-electron chi connectivity index (χ2n) is 4.32. The standard InChI is InChI=1S/C12H23F4NO/c1-4-9(5-2)10(17-6-3)7-18-8-12(15,16)11(13)14/h9-11,17H,4-8H2,1-3H3. The summed E-state index contributed by atoms with van der Waals surface area (Å²) in [5.74, 6) is -3.77. The molecule has 0 bridgehead atoms. The van der Waals surface area contributed by atoms with Gasteiger partial charge in [-0.1, -0.05) is 33.6 Å². The minimum atomic E-state index is -4.06. The van der Waals surface area contributed by atoms with Crippen LogP contribution in [0.25, 0.3) is 0 Å². The first-order chi connectivity index (χ1) is 8.38. The molecule has 110 valence electrons. The largest absolute Gasteiger partial charge is 0.373 e. The summed E-state index contributed by atoms with van der Waals surface area (Å²) in [5.41, 5.74) is 0. The molecule has 0 fully saturated rings. The minimum absolute atomic E-state index is 0.0303. The highest BCUT2D eigenvalue weighted by Gasteiger charge is 2.41. The van der Waals surface area contributed by atoms with Crippen LogP contribution in [0.3, 0.4) is 0 Å². The molecule has 0 aromatic rings. The molecule has 1 N–H and O–H groups in total. The second kappa shape index (κ2) is 8.69. The normalized spacial score (nSPS) is 14.5. The first-order valence-corrected chi connectivity index (χ1v) is 6.36. The molecular weight excluding hydrogens is 250 g/mol. The Labute approximate surface area is 106 Å². The number of likely N-dealkylation sites (N-methyl/N-ethyl adjacent to an activating group) is 1. The van der Waals surface area contributed by atoms with Crippen molar-refractivity contribution in [2.45, 2.75) is 52.0 Å². The molecule has 0 heterocycles. The third-order valence-corrected chi connectivity index (χ3v) is 3.00. The Kier molecular flexibility index (Phi) is 8.52. The maximum atomic E-state index is 12.7. The van der Waals surface area contributed by atoms with Gasteiger partial charge < -0.3 is 10.1 Å². The molecule has 0 aliphatic heterocycles. The van der Waals surface area contributed by atoms with Crippen LogP contribution in [-0.2, 0) is 4.74 Å². The van der Waals surface area contributed by atoms with Gasteiger partial charge in [0.2, 0.25) is 0 Å². The van der Waals surface area contributed by atoms with Crippen LogP contribution < -0.4 is 5.32 Å². The van der Waals surface area contributed by atoms with Crippen molar-refractivity contribution < 1.29 is 22.3 Å². The highest BCUT2D eigenvalue weighted by Crippen LogP contribution is 2.23. The van der Waals surface area contributed by atoms with E-state index in [0.29, 0.717) is 12.5 Å². The van der Waals surface area contributed by atoms with Crippen molar-refractivity contribution in [2.24, 2.45) is 5.92 Å². The molecule has 0 radical (unpaired) electrons. The Balaban J connectivity index is 4.19. The lowest BCUT2D eigenvalue weighted by molar-refractivity contribution is -0.167. The van der Waals surface area contributed by atoms with Gasteiger partial charge in [-0.15, -0.1) is 0 Å². The molecule has 0 aromatic heterocycles. The zero-order valence-corrected chi connectivity index (χ0v) is 11.2. The summed E-state index contributed by atoms with van der Waals surface area (Å²) in [6.45, 7) is 5.41. The van der Waals surface area contributed by atoms with Gasteiger partial charge in [0.25, 0.3) is 0 Å². The fraction of sp³-hybridized carbons (Fsp3) is 1.00. The Hall–Kier alpha value is -0.360. The number of alkyl halides is 4. The lowest BCUT2D eigenvalue weighted by atomic mass is 9.94. The molecular formula is C12H23F4NO. The monoisotopic (exact) mass is 273 g/mol. The van der Waals surface area contributed by atoms with Crippen LogP contribution >= 0.6 is 0 Å². The van der Waals surface area contributed by atoms with Crippen molar-refractivity contribution in [1.82, 2.24) is 5.32 Å². The molecule has 0 saturated heterocycles. The first-order valence-electron chi connectivity index (χ1n) is 6.36. The average Bonchev–Trinajstić information content (AvgIpc) is 2.30. The zero-order valence-electron chi connectivity index (χ0n) is 11.2. The van der Waals surface area contributed by atoms with Crippen LogP contribution in [0.2, 0.25) is 0 Å². The molecule has 6 heteroatoms. The maximum Gasteiger partial charge on any atom is 0.330 e. The number of ether oxygens (including phenoxy) is 1. The van der Waals surface area contributed by atoms with Crippen molar-refractivity contribution in [3.8, 4) is 0 Å². The first kappa shape index (κ1) is 17.6. The van der Waals surface area contributed by atoms with Crippen molar-refractivity contribution >= 4 is 0 Å². The van der Waals surface area contributed by atoms with E-state index >= 15 is 0 Å². The highest BCUT2D eigenvalue weighted by atomic mass is 19.3.